The van der Waals surface area contributed by atoms with Crippen LogP contribution in [0.2, 0.25) is 5.02 Å². The summed E-state index contributed by atoms with van der Waals surface area (Å²) in [6.07, 6.45) is 0. The molecule has 0 radical (unpaired) electrons. The molecule has 1 aliphatic heterocycles. The number of nitrogens with one attached hydrogen (secondary N) is 1. The van der Waals surface area contributed by atoms with E-state index in [1.54, 1.807) is 42.6 Å². The number of benzene rings is 1. The number of fused-ring (bicyclic) bond motifs is 1. The third-order valence-electron chi connectivity index (χ3n) is 4.07. The predicted octanol–water partition coefficient (Wildman–Crippen LogP) is 2.62. The Balaban J connectivity index is 2.08. The zero-order valence-corrected chi connectivity index (χ0v) is 13.9. The molecule has 0 aliphatic carbocycles. The fourth-order valence-corrected chi connectivity index (χ4v) is 2.81. The van der Waals surface area contributed by atoms with Crippen LogP contribution in [-0.2, 0) is 11.8 Å². The molecule has 3 rings (SSSR count). The molecule has 0 spiro atoms. The maximum Gasteiger partial charge on any atom is 0.280 e. The smallest absolute Gasteiger partial charge is 0.280 e. The molecular formula is C16H17ClN4O2. The van der Waals surface area contributed by atoms with Gasteiger partial charge in [0.15, 0.2) is 5.69 Å². The van der Waals surface area contributed by atoms with E-state index in [0.717, 1.165) is 5.69 Å². The van der Waals surface area contributed by atoms with Gasteiger partial charge in [0.05, 0.1) is 28.0 Å². The van der Waals surface area contributed by atoms with Gasteiger partial charge in [0.2, 0.25) is 5.91 Å². The van der Waals surface area contributed by atoms with Gasteiger partial charge in [0, 0.05) is 13.6 Å². The van der Waals surface area contributed by atoms with Crippen LogP contribution in [0.3, 0.4) is 0 Å². The number of para-hydroxylation sites is 2. The Kier molecular flexibility index (Phi) is 3.85. The fourth-order valence-electron chi connectivity index (χ4n) is 2.56. The molecular weight excluding hydrogens is 316 g/mol. The molecule has 0 bridgehead atoms. The lowest BCUT2D eigenvalue weighted by molar-refractivity contribution is -0.119. The van der Waals surface area contributed by atoms with Crippen LogP contribution >= 0.6 is 11.6 Å². The zero-order chi connectivity index (χ0) is 16.7. The van der Waals surface area contributed by atoms with Crippen LogP contribution in [0.5, 0.6) is 0 Å². The van der Waals surface area contributed by atoms with Crippen LogP contribution < -0.4 is 10.2 Å². The van der Waals surface area contributed by atoms with Gasteiger partial charge in [-0.25, -0.2) is 0 Å². The van der Waals surface area contributed by atoms with E-state index >= 15 is 0 Å². The summed E-state index contributed by atoms with van der Waals surface area (Å²) in [4.78, 5) is 26.7. The third kappa shape index (κ3) is 2.59. The van der Waals surface area contributed by atoms with E-state index in [9.17, 15) is 9.59 Å². The van der Waals surface area contributed by atoms with Crippen molar-refractivity contribution in [2.45, 2.75) is 13.8 Å². The first-order chi connectivity index (χ1) is 10.9. The van der Waals surface area contributed by atoms with Gasteiger partial charge < -0.3 is 10.2 Å². The Morgan fingerprint density at radius 1 is 1.39 bits per heavy atom. The second kappa shape index (κ2) is 5.70. The fraction of sp³-hybridized carbons (Fsp3) is 0.312. The summed E-state index contributed by atoms with van der Waals surface area (Å²) >= 11 is 6.25. The lowest BCUT2D eigenvalue weighted by atomic mass is 10.1. The Morgan fingerprint density at radius 2 is 2.09 bits per heavy atom. The summed E-state index contributed by atoms with van der Waals surface area (Å²) in [5.41, 5.74) is 2.18. The molecule has 0 saturated heterocycles. The molecule has 1 unspecified atom stereocenters. The van der Waals surface area contributed by atoms with Crippen molar-refractivity contribution in [2.24, 2.45) is 13.0 Å². The molecule has 23 heavy (non-hydrogen) atoms. The van der Waals surface area contributed by atoms with Crippen LogP contribution in [0.1, 0.15) is 23.1 Å². The van der Waals surface area contributed by atoms with Crippen molar-refractivity contribution in [1.29, 1.82) is 0 Å². The van der Waals surface area contributed by atoms with Gasteiger partial charge in [0.1, 0.15) is 0 Å². The maximum absolute atomic E-state index is 13.0. The summed E-state index contributed by atoms with van der Waals surface area (Å²) in [5, 5.41) is 7.41. The van der Waals surface area contributed by atoms with E-state index in [2.05, 4.69) is 10.4 Å². The van der Waals surface area contributed by atoms with E-state index in [4.69, 9.17) is 11.6 Å². The summed E-state index contributed by atoms with van der Waals surface area (Å²) in [5.74, 6) is -0.763. The van der Waals surface area contributed by atoms with Crippen LogP contribution in [0.4, 0.5) is 11.4 Å². The molecule has 2 heterocycles. The van der Waals surface area contributed by atoms with Crippen LogP contribution in [0.25, 0.3) is 0 Å². The van der Waals surface area contributed by atoms with Gasteiger partial charge in [0.25, 0.3) is 5.91 Å². The van der Waals surface area contributed by atoms with Gasteiger partial charge >= 0.3 is 0 Å². The van der Waals surface area contributed by atoms with Crippen molar-refractivity contribution in [3.63, 3.8) is 0 Å². The highest BCUT2D eigenvalue weighted by Crippen LogP contribution is 2.32. The van der Waals surface area contributed by atoms with Crippen molar-refractivity contribution in [2.75, 3.05) is 16.8 Å². The number of amides is 2. The number of aryl methyl sites for hydroxylation is 1. The first-order valence-corrected chi connectivity index (χ1v) is 7.68. The topological polar surface area (TPSA) is 67.2 Å². The predicted molar refractivity (Wildman–Crippen MR) is 88.9 cm³/mol. The minimum Gasteiger partial charge on any atom is -0.324 e. The highest BCUT2D eigenvalue weighted by Gasteiger charge is 2.31. The summed E-state index contributed by atoms with van der Waals surface area (Å²) in [6.45, 7) is 3.86. The number of aromatic nitrogens is 2. The van der Waals surface area contributed by atoms with Gasteiger partial charge in [-0.3, -0.25) is 14.3 Å². The largest absolute Gasteiger partial charge is 0.324 e. The van der Waals surface area contributed by atoms with E-state index in [-0.39, 0.29) is 30.0 Å². The molecule has 1 N–H and O–H groups in total. The SMILES string of the molecule is Cc1c(Cl)c(C(=O)N2CC(C)C(=O)Nc3ccccc32)nn1C. The second-order valence-corrected chi connectivity index (χ2v) is 6.07. The number of carbonyl (C=O) groups is 2. The number of hydrogen-bond acceptors (Lipinski definition) is 3. The summed E-state index contributed by atoms with van der Waals surface area (Å²) < 4.78 is 1.58. The Morgan fingerprint density at radius 3 is 2.74 bits per heavy atom. The lowest BCUT2D eigenvalue weighted by Gasteiger charge is -2.22. The second-order valence-electron chi connectivity index (χ2n) is 5.69. The van der Waals surface area contributed by atoms with Crippen molar-refractivity contribution in [3.8, 4) is 0 Å². The van der Waals surface area contributed by atoms with Crippen molar-refractivity contribution in [3.05, 3.63) is 40.7 Å². The molecule has 120 valence electrons. The Bertz CT molecular complexity index is 799. The molecule has 7 heteroatoms. The van der Waals surface area contributed by atoms with Gasteiger partial charge in [-0.1, -0.05) is 30.7 Å². The molecule has 0 saturated carbocycles. The highest BCUT2D eigenvalue weighted by molar-refractivity contribution is 6.35. The minimum atomic E-state index is -0.338. The van der Waals surface area contributed by atoms with E-state index in [0.29, 0.717) is 16.4 Å². The number of hydrogen-bond donors (Lipinski definition) is 1. The lowest BCUT2D eigenvalue weighted by Crippen LogP contribution is -2.36. The average molecular weight is 333 g/mol. The molecule has 1 atom stereocenters. The van der Waals surface area contributed by atoms with E-state index in [1.165, 1.54) is 0 Å². The third-order valence-corrected chi connectivity index (χ3v) is 4.52. The number of nitrogens with zero attached hydrogens (tertiary/aromatic N) is 3. The van der Waals surface area contributed by atoms with Gasteiger partial charge in [-0.2, -0.15) is 5.10 Å². The number of rotatable bonds is 1. The quantitative estimate of drug-likeness (QED) is 0.873. The molecule has 2 aromatic rings. The number of carbonyl (C=O) groups excluding carboxylic acids is 2. The average Bonchev–Trinajstić information content (AvgIpc) is 2.72. The molecule has 0 fully saturated rings. The van der Waals surface area contributed by atoms with Crippen LogP contribution in [0.15, 0.2) is 24.3 Å². The minimum absolute atomic E-state index is 0.115. The first-order valence-electron chi connectivity index (χ1n) is 7.31. The maximum atomic E-state index is 13.0. The molecule has 1 aromatic heterocycles. The standard InChI is InChI=1S/C16H17ClN4O2/c1-9-8-21(12-7-5-4-6-11(12)18-15(9)22)16(23)14-13(17)10(2)20(3)19-14/h4-7,9H,8H2,1-3H3,(H,18,22). The number of halogens is 1. The zero-order valence-electron chi connectivity index (χ0n) is 13.1. The van der Waals surface area contributed by atoms with E-state index < -0.39 is 0 Å². The first kappa shape index (κ1) is 15.6. The molecule has 6 nitrogen and oxygen atoms in total. The summed E-state index contributed by atoms with van der Waals surface area (Å²) in [7, 11) is 1.74. The Labute approximate surface area is 139 Å². The van der Waals surface area contributed by atoms with Crippen LogP contribution in [0, 0.1) is 12.8 Å². The van der Waals surface area contributed by atoms with Crippen molar-refractivity contribution in [1.82, 2.24) is 9.78 Å². The van der Waals surface area contributed by atoms with Gasteiger partial charge in [-0.15, -0.1) is 0 Å². The normalized spacial score (nSPS) is 17.5. The van der Waals surface area contributed by atoms with E-state index in [1.807, 2.05) is 12.1 Å². The molecule has 1 aromatic carbocycles. The van der Waals surface area contributed by atoms with Crippen molar-refractivity contribution >= 4 is 34.8 Å². The number of anilines is 2. The highest BCUT2D eigenvalue weighted by atomic mass is 35.5. The summed E-state index contributed by atoms with van der Waals surface area (Å²) in [6, 6.07) is 7.22. The van der Waals surface area contributed by atoms with Gasteiger partial charge in [-0.05, 0) is 19.1 Å². The molecule has 1 aliphatic rings. The van der Waals surface area contributed by atoms with Crippen molar-refractivity contribution < 1.29 is 9.59 Å². The van der Waals surface area contributed by atoms with Crippen LogP contribution in [-0.4, -0.2) is 28.1 Å². The monoisotopic (exact) mass is 332 g/mol. The Hall–Kier alpha value is -2.34. The molecule has 2 amide bonds.